The quantitative estimate of drug-likeness (QED) is 0.321. The Morgan fingerprint density at radius 2 is 2.06 bits per heavy atom. The summed E-state index contributed by atoms with van der Waals surface area (Å²) in [6.07, 6.45) is 4.15. The van der Waals surface area contributed by atoms with Gasteiger partial charge < -0.3 is 9.84 Å². The van der Waals surface area contributed by atoms with Crippen LogP contribution in [0.15, 0.2) is 41.8 Å². The van der Waals surface area contributed by atoms with Crippen LogP contribution >= 0.6 is 11.8 Å². The van der Waals surface area contributed by atoms with Crippen molar-refractivity contribution in [2.45, 2.75) is 76.9 Å². The van der Waals surface area contributed by atoms with Crippen LogP contribution in [0.25, 0.3) is 0 Å². The molecular formula is C28H37FO4S. The number of hydrogen-bond donors (Lipinski definition) is 1. The molecular weight excluding hydrogens is 451 g/mol. The van der Waals surface area contributed by atoms with Crippen molar-refractivity contribution in [3.05, 3.63) is 42.7 Å². The second-order valence-corrected chi connectivity index (χ2v) is 12.4. The molecule has 0 aromatic heterocycles. The first-order valence-electron chi connectivity index (χ1n) is 12.4. The monoisotopic (exact) mass is 488 g/mol. The van der Waals surface area contributed by atoms with Gasteiger partial charge in [0, 0.05) is 28.1 Å². The fourth-order valence-corrected chi connectivity index (χ4v) is 8.12. The molecule has 0 amide bonds. The minimum Gasteiger partial charge on any atom is -0.461 e. The van der Waals surface area contributed by atoms with Gasteiger partial charge in [0.25, 0.3) is 0 Å². The number of halogens is 1. The molecule has 0 heterocycles. The van der Waals surface area contributed by atoms with Gasteiger partial charge in [0.15, 0.2) is 0 Å². The van der Waals surface area contributed by atoms with E-state index in [1.807, 2.05) is 6.92 Å². The molecule has 1 N–H and O–H groups in total. The lowest BCUT2D eigenvalue weighted by atomic mass is 9.44. The standard InChI is InChI=1S/C28H37FO4S/c1-6-26(4)15-22(33-23(31)16-34-20-9-7-8-19(29)14-20)27(5)17(2)10-12-28(18(3)25(26)32)13-11-21(30)24(27)28/h6-9,14,17-18,22,24-25,32H,1,10-13,15-16H2,2-5H3/t17?,18-,22-,24?,25-,26+,27-,28?/m0/s1. The summed E-state index contributed by atoms with van der Waals surface area (Å²) in [5, 5.41) is 11.6. The second-order valence-electron chi connectivity index (χ2n) is 11.3. The van der Waals surface area contributed by atoms with E-state index in [0.29, 0.717) is 17.7 Å². The molecule has 0 radical (unpaired) electrons. The molecule has 3 unspecified atom stereocenters. The highest BCUT2D eigenvalue weighted by atomic mass is 32.2. The van der Waals surface area contributed by atoms with Gasteiger partial charge in [-0.15, -0.1) is 18.3 Å². The van der Waals surface area contributed by atoms with Gasteiger partial charge in [-0.05, 0) is 61.1 Å². The van der Waals surface area contributed by atoms with E-state index < -0.39 is 23.0 Å². The third kappa shape index (κ3) is 3.95. The van der Waals surface area contributed by atoms with Crippen molar-refractivity contribution in [1.29, 1.82) is 0 Å². The van der Waals surface area contributed by atoms with Gasteiger partial charge in [-0.1, -0.05) is 39.8 Å². The van der Waals surface area contributed by atoms with E-state index in [1.165, 1.54) is 23.9 Å². The number of benzene rings is 1. The number of esters is 1. The number of aliphatic hydroxyl groups is 1. The highest BCUT2D eigenvalue weighted by Gasteiger charge is 2.68. The highest BCUT2D eigenvalue weighted by molar-refractivity contribution is 8.00. The van der Waals surface area contributed by atoms with Crippen LogP contribution in [0.2, 0.25) is 0 Å². The molecule has 34 heavy (non-hydrogen) atoms. The maximum Gasteiger partial charge on any atom is 0.316 e. The van der Waals surface area contributed by atoms with Crippen LogP contribution in [-0.2, 0) is 14.3 Å². The lowest BCUT2D eigenvalue weighted by Crippen LogP contribution is -2.63. The van der Waals surface area contributed by atoms with Crippen LogP contribution in [0.5, 0.6) is 0 Å². The molecule has 4 nitrogen and oxygen atoms in total. The Morgan fingerprint density at radius 1 is 1.32 bits per heavy atom. The lowest BCUT2D eigenvalue weighted by Gasteiger charge is -2.61. The lowest BCUT2D eigenvalue weighted by molar-refractivity contribution is -0.205. The molecule has 0 saturated heterocycles. The zero-order valence-electron chi connectivity index (χ0n) is 20.7. The fraction of sp³-hybridized carbons (Fsp3) is 0.643. The number of aliphatic hydroxyl groups excluding tert-OH is 1. The third-order valence-electron chi connectivity index (χ3n) is 9.73. The average Bonchev–Trinajstić information content (AvgIpc) is 3.16. The first-order chi connectivity index (χ1) is 16.0. The van der Waals surface area contributed by atoms with Crippen molar-refractivity contribution in [2.75, 3.05) is 5.75 Å². The number of hydrogen-bond acceptors (Lipinski definition) is 5. The van der Waals surface area contributed by atoms with Gasteiger partial charge in [0.2, 0.25) is 0 Å². The van der Waals surface area contributed by atoms with Crippen LogP contribution in [0, 0.1) is 39.8 Å². The van der Waals surface area contributed by atoms with Crippen LogP contribution in [-0.4, -0.2) is 34.8 Å². The van der Waals surface area contributed by atoms with Crippen molar-refractivity contribution < 1.29 is 23.8 Å². The first-order valence-corrected chi connectivity index (χ1v) is 13.4. The van der Waals surface area contributed by atoms with Crippen LogP contribution < -0.4 is 0 Å². The number of ketones is 1. The second kappa shape index (κ2) is 9.09. The summed E-state index contributed by atoms with van der Waals surface area (Å²) >= 11 is 1.24. The number of rotatable bonds is 5. The largest absolute Gasteiger partial charge is 0.461 e. The topological polar surface area (TPSA) is 63.6 Å². The van der Waals surface area contributed by atoms with E-state index in [-0.39, 0.29) is 46.5 Å². The maximum absolute atomic E-state index is 13.5. The molecule has 2 bridgehead atoms. The molecule has 3 fully saturated rings. The van der Waals surface area contributed by atoms with Crippen LogP contribution in [0.4, 0.5) is 4.39 Å². The Balaban J connectivity index is 1.68. The Morgan fingerprint density at radius 3 is 2.74 bits per heavy atom. The number of carbonyl (C=O) groups excluding carboxylic acids is 2. The summed E-state index contributed by atoms with van der Waals surface area (Å²) in [6.45, 7) is 12.4. The summed E-state index contributed by atoms with van der Waals surface area (Å²) in [7, 11) is 0. The highest BCUT2D eigenvalue weighted by Crippen LogP contribution is 2.68. The Labute approximate surface area is 206 Å². The van der Waals surface area contributed by atoms with Crippen LogP contribution in [0.1, 0.15) is 59.8 Å². The van der Waals surface area contributed by atoms with E-state index in [1.54, 1.807) is 18.2 Å². The Hall–Kier alpha value is -1.66. The third-order valence-corrected chi connectivity index (χ3v) is 10.7. The molecule has 0 spiro atoms. The number of carbonyl (C=O) groups is 2. The number of Topliss-reactive ketones (excluding diaryl/α,β-unsaturated/α-hetero) is 1. The molecule has 6 heteroatoms. The summed E-state index contributed by atoms with van der Waals surface area (Å²) in [5.74, 6) is -0.539. The predicted octanol–water partition coefficient (Wildman–Crippen LogP) is 5.82. The molecule has 3 saturated carbocycles. The SMILES string of the molecule is C=C[C@]1(C)C[C@H](OC(=O)CSc2cccc(F)c2)[C@]2(C)C(C)CCC3(CCC(=O)C32)[C@@H](C)[C@@H]1O. The van der Waals surface area contributed by atoms with E-state index in [0.717, 1.165) is 19.3 Å². The van der Waals surface area contributed by atoms with Gasteiger partial charge in [-0.2, -0.15) is 0 Å². The Bertz CT molecular complexity index is 981. The van der Waals surface area contributed by atoms with Gasteiger partial charge in [0.1, 0.15) is 17.7 Å². The van der Waals surface area contributed by atoms with E-state index in [4.69, 9.17) is 4.74 Å². The van der Waals surface area contributed by atoms with E-state index in [9.17, 15) is 19.1 Å². The summed E-state index contributed by atoms with van der Waals surface area (Å²) < 4.78 is 19.7. The fourth-order valence-electron chi connectivity index (χ4n) is 7.39. The molecule has 186 valence electrons. The predicted molar refractivity (Wildman–Crippen MR) is 132 cm³/mol. The van der Waals surface area contributed by atoms with Crippen molar-refractivity contribution in [3.8, 4) is 0 Å². The van der Waals surface area contributed by atoms with Gasteiger partial charge in [-0.25, -0.2) is 4.39 Å². The normalized spacial score (nSPS) is 41.8. The minimum absolute atomic E-state index is 0.0535. The van der Waals surface area contributed by atoms with E-state index in [2.05, 4.69) is 27.4 Å². The van der Waals surface area contributed by atoms with E-state index >= 15 is 0 Å². The molecule has 8 atom stereocenters. The molecule has 0 aliphatic heterocycles. The molecule has 3 aliphatic carbocycles. The Kier molecular flexibility index (Phi) is 6.80. The van der Waals surface area contributed by atoms with Gasteiger partial charge in [0.05, 0.1) is 11.9 Å². The van der Waals surface area contributed by atoms with Crippen molar-refractivity contribution >= 4 is 23.5 Å². The van der Waals surface area contributed by atoms with Crippen LogP contribution in [0.3, 0.4) is 0 Å². The number of thioether (sulfide) groups is 1. The maximum atomic E-state index is 13.5. The van der Waals surface area contributed by atoms with Crippen molar-refractivity contribution in [1.82, 2.24) is 0 Å². The molecule has 1 aromatic carbocycles. The van der Waals surface area contributed by atoms with Crippen molar-refractivity contribution in [3.63, 3.8) is 0 Å². The minimum atomic E-state index is -0.681. The zero-order valence-corrected chi connectivity index (χ0v) is 21.5. The molecule has 4 rings (SSSR count). The first kappa shape index (κ1) is 25.4. The smallest absolute Gasteiger partial charge is 0.316 e. The summed E-state index contributed by atoms with van der Waals surface area (Å²) in [4.78, 5) is 27.2. The molecule has 1 aromatic rings. The van der Waals surface area contributed by atoms with Gasteiger partial charge in [-0.3, -0.25) is 9.59 Å². The summed E-state index contributed by atoms with van der Waals surface area (Å²) in [6, 6.07) is 6.15. The summed E-state index contributed by atoms with van der Waals surface area (Å²) in [5.41, 5.74) is -1.46. The number of ether oxygens (including phenoxy) is 1. The molecule has 3 aliphatic rings. The zero-order chi connectivity index (χ0) is 24.9. The average molecular weight is 489 g/mol. The van der Waals surface area contributed by atoms with Crippen molar-refractivity contribution in [2.24, 2.45) is 34.0 Å². The van der Waals surface area contributed by atoms with Gasteiger partial charge >= 0.3 is 5.97 Å².